The Bertz CT molecular complexity index is 407. The van der Waals surface area contributed by atoms with Crippen molar-refractivity contribution in [2.24, 2.45) is 0 Å². The Morgan fingerprint density at radius 1 is 1.30 bits per heavy atom. The van der Waals surface area contributed by atoms with Gasteiger partial charge in [-0.1, -0.05) is 18.2 Å². The summed E-state index contributed by atoms with van der Waals surface area (Å²) in [6.45, 7) is 5.46. The molecule has 2 N–H and O–H groups in total. The van der Waals surface area contributed by atoms with Gasteiger partial charge in [0.1, 0.15) is 0 Å². The van der Waals surface area contributed by atoms with E-state index in [2.05, 4.69) is 47.8 Å². The van der Waals surface area contributed by atoms with Gasteiger partial charge in [-0.05, 0) is 38.1 Å². The normalized spacial score (nSPS) is 14.2. The molecule has 0 saturated carbocycles. The molecule has 0 amide bonds. The Labute approximate surface area is 122 Å². The zero-order valence-electron chi connectivity index (χ0n) is 12.7. The Morgan fingerprint density at radius 3 is 3.05 bits per heavy atom. The second-order valence-corrected chi connectivity index (χ2v) is 5.57. The van der Waals surface area contributed by atoms with Gasteiger partial charge in [0.05, 0.1) is 13.2 Å². The first-order valence-corrected chi connectivity index (χ1v) is 7.55. The van der Waals surface area contributed by atoms with E-state index in [9.17, 15) is 0 Å². The minimum absolute atomic E-state index is 0.774. The number of anilines is 1. The fourth-order valence-corrected chi connectivity index (χ4v) is 2.44. The number of rotatable bonds is 8. The van der Waals surface area contributed by atoms with E-state index in [-0.39, 0.29) is 0 Å². The van der Waals surface area contributed by atoms with Crippen molar-refractivity contribution in [2.75, 3.05) is 52.3 Å². The first kappa shape index (κ1) is 15.3. The van der Waals surface area contributed by atoms with Crippen LogP contribution in [-0.2, 0) is 17.7 Å². The van der Waals surface area contributed by atoms with Crippen molar-refractivity contribution in [3.05, 3.63) is 29.3 Å². The Balaban J connectivity index is 1.67. The van der Waals surface area contributed by atoms with E-state index in [1.54, 1.807) is 0 Å². The Kier molecular flexibility index (Phi) is 6.30. The Hall–Kier alpha value is -1.10. The summed E-state index contributed by atoms with van der Waals surface area (Å²) < 4.78 is 5.58. The zero-order valence-corrected chi connectivity index (χ0v) is 12.7. The van der Waals surface area contributed by atoms with Gasteiger partial charge in [0, 0.05) is 31.9 Å². The maximum absolute atomic E-state index is 5.58. The number of fused-ring (bicyclic) bond motifs is 1. The van der Waals surface area contributed by atoms with Crippen molar-refractivity contribution in [3.8, 4) is 0 Å². The molecule has 0 radical (unpaired) electrons. The van der Waals surface area contributed by atoms with Gasteiger partial charge in [0.2, 0.25) is 0 Å². The zero-order chi connectivity index (χ0) is 14.2. The molecule has 0 unspecified atom stereocenters. The second-order valence-electron chi connectivity index (χ2n) is 5.57. The summed E-state index contributed by atoms with van der Waals surface area (Å²) in [6.07, 6.45) is 2.44. The summed E-state index contributed by atoms with van der Waals surface area (Å²) >= 11 is 0. The molecular formula is C16H27N3O. The van der Waals surface area contributed by atoms with Crippen molar-refractivity contribution in [1.29, 1.82) is 0 Å². The first-order chi connectivity index (χ1) is 9.77. The monoisotopic (exact) mass is 277 g/mol. The van der Waals surface area contributed by atoms with Gasteiger partial charge >= 0.3 is 0 Å². The van der Waals surface area contributed by atoms with Crippen LogP contribution in [0.2, 0.25) is 0 Å². The Morgan fingerprint density at radius 2 is 2.20 bits per heavy atom. The molecule has 1 aliphatic rings. The van der Waals surface area contributed by atoms with Crippen LogP contribution in [-0.4, -0.2) is 51.8 Å². The molecule has 20 heavy (non-hydrogen) atoms. The van der Waals surface area contributed by atoms with Gasteiger partial charge in [0.15, 0.2) is 0 Å². The van der Waals surface area contributed by atoms with Crippen LogP contribution in [0.1, 0.15) is 17.5 Å². The third-order valence-electron chi connectivity index (χ3n) is 3.58. The van der Waals surface area contributed by atoms with Crippen molar-refractivity contribution in [2.45, 2.75) is 19.4 Å². The summed E-state index contributed by atoms with van der Waals surface area (Å²) in [6, 6.07) is 6.60. The van der Waals surface area contributed by atoms with Gasteiger partial charge in [-0.25, -0.2) is 0 Å². The lowest BCUT2D eigenvalue weighted by Gasteiger charge is -2.21. The molecule has 0 aliphatic carbocycles. The van der Waals surface area contributed by atoms with Gasteiger partial charge in [-0.3, -0.25) is 0 Å². The van der Waals surface area contributed by atoms with Crippen LogP contribution in [0.3, 0.4) is 0 Å². The fraction of sp³-hybridized carbons (Fsp3) is 0.625. The number of nitrogens with one attached hydrogen (secondary N) is 2. The molecule has 112 valence electrons. The molecule has 0 spiro atoms. The van der Waals surface area contributed by atoms with Crippen LogP contribution >= 0.6 is 0 Å². The van der Waals surface area contributed by atoms with Gasteiger partial charge in [-0.2, -0.15) is 0 Å². The molecule has 1 heterocycles. The molecule has 1 aliphatic heterocycles. The summed E-state index contributed by atoms with van der Waals surface area (Å²) in [4.78, 5) is 2.13. The average molecular weight is 277 g/mol. The molecule has 0 saturated heterocycles. The van der Waals surface area contributed by atoms with E-state index in [4.69, 9.17) is 4.74 Å². The number of benzene rings is 1. The van der Waals surface area contributed by atoms with Crippen molar-refractivity contribution in [1.82, 2.24) is 10.2 Å². The molecule has 1 aromatic rings. The summed E-state index contributed by atoms with van der Waals surface area (Å²) in [5, 5.41) is 6.99. The highest BCUT2D eigenvalue weighted by Crippen LogP contribution is 2.25. The second kappa shape index (κ2) is 8.25. The summed E-state index contributed by atoms with van der Waals surface area (Å²) in [7, 11) is 4.13. The number of para-hydroxylation sites is 1. The fourth-order valence-electron chi connectivity index (χ4n) is 2.44. The predicted octanol–water partition coefficient (Wildman–Crippen LogP) is 1.71. The SMILES string of the molecule is CN(C)CCOCCNCc1cccc2c1NCCC2. The maximum Gasteiger partial charge on any atom is 0.0593 e. The van der Waals surface area contributed by atoms with E-state index in [1.807, 2.05) is 0 Å². The highest BCUT2D eigenvalue weighted by Gasteiger charge is 2.11. The quantitative estimate of drug-likeness (QED) is 0.709. The lowest BCUT2D eigenvalue weighted by molar-refractivity contribution is 0.119. The number of likely N-dealkylation sites (N-methyl/N-ethyl adjacent to an activating group) is 1. The third-order valence-corrected chi connectivity index (χ3v) is 3.58. The average Bonchev–Trinajstić information content (AvgIpc) is 2.46. The van der Waals surface area contributed by atoms with Crippen LogP contribution in [0.5, 0.6) is 0 Å². The lowest BCUT2D eigenvalue weighted by atomic mass is 9.99. The molecule has 4 heteroatoms. The molecular weight excluding hydrogens is 250 g/mol. The van der Waals surface area contributed by atoms with Crippen LogP contribution in [0.4, 0.5) is 5.69 Å². The molecule has 2 rings (SSSR count). The topological polar surface area (TPSA) is 36.5 Å². The lowest BCUT2D eigenvalue weighted by Crippen LogP contribution is -2.24. The predicted molar refractivity (Wildman–Crippen MR) is 84.3 cm³/mol. The number of nitrogens with zero attached hydrogens (tertiary/aromatic N) is 1. The number of ether oxygens (including phenoxy) is 1. The van der Waals surface area contributed by atoms with E-state index in [0.717, 1.165) is 39.4 Å². The highest BCUT2D eigenvalue weighted by atomic mass is 16.5. The third kappa shape index (κ3) is 4.78. The van der Waals surface area contributed by atoms with Crippen molar-refractivity contribution in [3.63, 3.8) is 0 Å². The standard InChI is InChI=1S/C16H27N3O/c1-19(2)10-12-20-11-9-17-13-15-6-3-5-14-7-4-8-18-16(14)15/h3,5-6,17-18H,4,7-13H2,1-2H3. The van der Waals surface area contributed by atoms with Crippen LogP contribution in [0, 0.1) is 0 Å². The van der Waals surface area contributed by atoms with E-state index in [1.165, 1.54) is 29.7 Å². The first-order valence-electron chi connectivity index (χ1n) is 7.55. The van der Waals surface area contributed by atoms with Gasteiger partial charge in [-0.15, -0.1) is 0 Å². The van der Waals surface area contributed by atoms with Gasteiger partial charge < -0.3 is 20.3 Å². The molecule has 0 atom stereocenters. The number of aryl methyl sites for hydroxylation is 1. The van der Waals surface area contributed by atoms with Crippen LogP contribution in [0.15, 0.2) is 18.2 Å². The molecule has 0 aromatic heterocycles. The minimum atomic E-state index is 0.774. The number of hydrogen-bond acceptors (Lipinski definition) is 4. The highest BCUT2D eigenvalue weighted by molar-refractivity contribution is 5.59. The van der Waals surface area contributed by atoms with E-state index in [0.29, 0.717) is 0 Å². The minimum Gasteiger partial charge on any atom is -0.385 e. The molecule has 4 nitrogen and oxygen atoms in total. The molecule has 0 fully saturated rings. The summed E-state index contributed by atoms with van der Waals surface area (Å²) in [5.41, 5.74) is 4.17. The van der Waals surface area contributed by atoms with Gasteiger partial charge in [0.25, 0.3) is 0 Å². The summed E-state index contributed by atoms with van der Waals surface area (Å²) in [5.74, 6) is 0. The maximum atomic E-state index is 5.58. The van der Waals surface area contributed by atoms with Crippen LogP contribution in [0.25, 0.3) is 0 Å². The largest absolute Gasteiger partial charge is 0.385 e. The smallest absolute Gasteiger partial charge is 0.0593 e. The van der Waals surface area contributed by atoms with E-state index >= 15 is 0 Å². The molecule has 1 aromatic carbocycles. The van der Waals surface area contributed by atoms with Crippen molar-refractivity contribution >= 4 is 5.69 Å². The van der Waals surface area contributed by atoms with Crippen LogP contribution < -0.4 is 10.6 Å². The van der Waals surface area contributed by atoms with E-state index < -0.39 is 0 Å². The van der Waals surface area contributed by atoms with Crippen molar-refractivity contribution < 1.29 is 4.74 Å². The molecule has 0 bridgehead atoms. The number of hydrogen-bond donors (Lipinski definition) is 2.